The molecule has 1 aromatic heterocycles. The quantitative estimate of drug-likeness (QED) is 0.608. The average Bonchev–Trinajstić information content (AvgIpc) is 3.15. The Balaban J connectivity index is 1.69. The summed E-state index contributed by atoms with van der Waals surface area (Å²) < 4.78 is 12.6. The van der Waals surface area contributed by atoms with Crippen molar-refractivity contribution in [3.05, 3.63) is 72.9 Å². The Morgan fingerprint density at radius 1 is 1.33 bits per heavy atom. The summed E-state index contributed by atoms with van der Waals surface area (Å²) in [6.45, 7) is 2.51. The predicted molar refractivity (Wildman–Crippen MR) is 119 cm³/mol. The smallest absolute Gasteiger partial charge is 0.205 e. The van der Waals surface area contributed by atoms with Crippen LogP contribution in [0.1, 0.15) is 47.4 Å². The number of nitriles is 1. The van der Waals surface area contributed by atoms with Crippen LogP contribution in [-0.2, 0) is 22.6 Å². The minimum Gasteiger partial charge on any atom is -0.489 e. The lowest BCUT2D eigenvalue weighted by atomic mass is 9.80. The van der Waals surface area contributed by atoms with Gasteiger partial charge in [-0.2, -0.15) is 5.26 Å². The standard InChI is InChI=1S/C23H21BrN2O3S/c1-2-19-13(12-28-15-8-6-14(24)7-9-15)10-20(30-19)21-16(11-25)23(26)29-18-5-3-4-17(27)22(18)21/h6-10,21H,2-5,12,26H2,1H3/t21-/m1/s1. The number of ketones is 1. The summed E-state index contributed by atoms with van der Waals surface area (Å²) in [6, 6.07) is 11.9. The topological polar surface area (TPSA) is 85.3 Å². The van der Waals surface area contributed by atoms with E-state index in [0.29, 0.717) is 36.4 Å². The highest BCUT2D eigenvalue weighted by Crippen LogP contribution is 2.46. The molecule has 2 heterocycles. The summed E-state index contributed by atoms with van der Waals surface area (Å²) in [6.07, 6.45) is 2.73. The highest BCUT2D eigenvalue weighted by Gasteiger charge is 2.39. The van der Waals surface area contributed by atoms with E-state index in [1.807, 2.05) is 24.3 Å². The molecule has 30 heavy (non-hydrogen) atoms. The first-order valence-corrected chi connectivity index (χ1v) is 11.5. The molecule has 154 valence electrons. The number of hydrogen-bond donors (Lipinski definition) is 1. The van der Waals surface area contributed by atoms with Gasteiger partial charge >= 0.3 is 0 Å². The van der Waals surface area contributed by atoms with Gasteiger partial charge in [0.1, 0.15) is 29.8 Å². The van der Waals surface area contributed by atoms with Gasteiger partial charge in [-0.1, -0.05) is 22.9 Å². The zero-order valence-electron chi connectivity index (χ0n) is 16.5. The third-order valence-corrected chi connectivity index (χ3v) is 7.25. The predicted octanol–water partition coefficient (Wildman–Crippen LogP) is 5.47. The van der Waals surface area contributed by atoms with Gasteiger partial charge in [-0.05, 0) is 43.2 Å². The molecule has 1 aliphatic carbocycles. The SMILES string of the molecule is CCc1sc([C@H]2C(C#N)=C(N)OC3=C2C(=O)CCC3)cc1COc1ccc(Br)cc1. The second-order valence-corrected chi connectivity index (χ2v) is 9.32. The fourth-order valence-corrected chi connectivity index (χ4v) is 5.38. The van der Waals surface area contributed by atoms with Crippen LogP contribution in [0.15, 0.2) is 57.6 Å². The van der Waals surface area contributed by atoms with Crippen molar-refractivity contribution in [1.29, 1.82) is 5.26 Å². The van der Waals surface area contributed by atoms with Gasteiger partial charge in [0.2, 0.25) is 5.88 Å². The van der Waals surface area contributed by atoms with Gasteiger partial charge in [0.15, 0.2) is 5.78 Å². The second-order valence-electron chi connectivity index (χ2n) is 7.23. The monoisotopic (exact) mass is 484 g/mol. The number of allylic oxidation sites excluding steroid dienone is 3. The largest absolute Gasteiger partial charge is 0.489 e. The first-order chi connectivity index (χ1) is 14.5. The maximum atomic E-state index is 12.7. The van der Waals surface area contributed by atoms with Gasteiger partial charge in [-0.15, -0.1) is 11.3 Å². The van der Waals surface area contributed by atoms with Crippen LogP contribution >= 0.6 is 27.3 Å². The number of rotatable bonds is 5. The third kappa shape index (κ3) is 3.90. The third-order valence-electron chi connectivity index (χ3n) is 5.33. The Morgan fingerprint density at radius 2 is 2.10 bits per heavy atom. The van der Waals surface area contributed by atoms with Gasteiger partial charge in [-0.3, -0.25) is 4.79 Å². The molecule has 4 rings (SSSR count). The normalized spacial score (nSPS) is 18.7. The minimum absolute atomic E-state index is 0.0422. The van der Waals surface area contributed by atoms with Crippen molar-refractivity contribution in [3.8, 4) is 11.8 Å². The van der Waals surface area contributed by atoms with Gasteiger partial charge in [0, 0.05) is 38.2 Å². The Kier molecular flexibility index (Phi) is 5.98. The van der Waals surface area contributed by atoms with E-state index < -0.39 is 5.92 Å². The molecule has 2 aliphatic rings. The Hall–Kier alpha value is -2.56. The molecule has 1 aromatic carbocycles. The van der Waals surface area contributed by atoms with Crippen LogP contribution in [-0.4, -0.2) is 5.78 Å². The number of hydrogen-bond acceptors (Lipinski definition) is 6. The van der Waals surface area contributed by atoms with Crippen molar-refractivity contribution in [2.75, 3.05) is 0 Å². The molecule has 0 spiro atoms. The van der Waals surface area contributed by atoms with Crippen LogP contribution in [0.2, 0.25) is 0 Å². The van der Waals surface area contributed by atoms with Crippen molar-refractivity contribution in [1.82, 2.24) is 0 Å². The van der Waals surface area contributed by atoms with Crippen LogP contribution in [0.4, 0.5) is 0 Å². The van der Waals surface area contributed by atoms with E-state index in [2.05, 4.69) is 35.0 Å². The van der Waals surface area contributed by atoms with Crippen molar-refractivity contribution < 1.29 is 14.3 Å². The van der Waals surface area contributed by atoms with E-state index >= 15 is 0 Å². The summed E-state index contributed by atoms with van der Waals surface area (Å²) >= 11 is 5.04. The maximum absolute atomic E-state index is 12.7. The molecule has 0 fully saturated rings. The molecule has 1 atom stereocenters. The van der Waals surface area contributed by atoms with Crippen LogP contribution in [0, 0.1) is 11.3 Å². The molecule has 0 bridgehead atoms. The highest BCUT2D eigenvalue weighted by molar-refractivity contribution is 9.10. The number of aryl methyl sites for hydroxylation is 1. The van der Waals surface area contributed by atoms with Crippen molar-refractivity contribution >= 4 is 33.0 Å². The number of halogens is 1. The van der Waals surface area contributed by atoms with E-state index in [-0.39, 0.29) is 11.7 Å². The van der Waals surface area contributed by atoms with Gasteiger partial charge in [0.25, 0.3) is 0 Å². The lowest BCUT2D eigenvalue weighted by Crippen LogP contribution is -2.27. The minimum atomic E-state index is -0.455. The number of carbonyl (C=O) groups excluding carboxylic acids is 1. The van der Waals surface area contributed by atoms with Gasteiger partial charge in [0.05, 0.1) is 5.92 Å². The average molecular weight is 485 g/mol. The van der Waals surface area contributed by atoms with E-state index in [9.17, 15) is 10.1 Å². The lowest BCUT2D eigenvalue weighted by molar-refractivity contribution is -0.116. The summed E-state index contributed by atoms with van der Waals surface area (Å²) in [4.78, 5) is 14.9. The summed E-state index contributed by atoms with van der Waals surface area (Å²) in [7, 11) is 0. The van der Waals surface area contributed by atoms with Gasteiger partial charge < -0.3 is 15.2 Å². The first kappa shape index (κ1) is 20.7. The Bertz CT molecular complexity index is 1090. The molecule has 5 nitrogen and oxygen atoms in total. The summed E-state index contributed by atoms with van der Waals surface area (Å²) in [5, 5.41) is 9.75. The van der Waals surface area contributed by atoms with Crippen molar-refractivity contribution in [3.63, 3.8) is 0 Å². The molecule has 0 saturated carbocycles. The number of benzene rings is 1. The molecule has 2 N–H and O–H groups in total. The Labute approximate surface area is 187 Å². The Morgan fingerprint density at radius 3 is 2.80 bits per heavy atom. The van der Waals surface area contributed by atoms with E-state index in [4.69, 9.17) is 15.2 Å². The summed E-state index contributed by atoms with van der Waals surface area (Å²) in [5.74, 6) is 1.10. The van der Waals surface area contributed by atoms with Crippen LogP contribution in [0.25, 0.3) is 0 Å². The molecular weight excluding hydrogens is 464 g/mol. The number of nitrogens with zero attached hydrogens (tertiary/aromatic N) is 1. The van der Waals surface area contributed by atoms with E-state index in [0.717, 1.165) is 33.5 Å². The molecule has 7 heteroatoms. The maximum Gasteiger partial charge on any atom is 0.205 e. The van der Waals surface area contributed by atoms with Crippen LogP contribution < -0.4 is 10.5 Å². The fourth-order valence-electron chi connectivity index (χ4n) is 3.89. The fraction of sp³-hybridized carbons (Fsp3) is 0.304. The van der Waals surface area contributed by atoms with E-state index in [1.54, 1.807) is 11.3 Å². The van der Waals surface area contributed by atoms with Crippen LogP contribution in [0.3, 0.4) is 0 Å². The summed E-state index contributed by atoms with van der Waals surface area (Å²) in [5.41, 5.74) is 8.03. The first-order valence-electron chi connectivity index (χ1n) is 9.85. The zero-order chi connectivity index (χ0) is 21.3. The van der Waals surface area contributed by atoms with Gasteiger partial charge in [-0.25, -0.2) is 0 Å². The molecule has 0 radical (unpaired) electrons. The zero-order valence-corrected chi connectivity index (χ0v) is 18.9. The second kappa shape index (κ2) is 8.66. The van der Waals surface area contributed by atoms with E-state index in [1.165, 1.54) is 4.88 Å². The highest BCUT2D eigenvalue weighted by atomic mass is 79.9. The van der Waals surface area contributed by atoms with Crippen LogP contribution in [0.5, 0.6) is 5.75 Å². The number of thiophene rings is 1. The van der Waals surface area contributed by atoms with Crippen molar-refractivity contribution in [2.24, 2.45) is 5.73 Å². The van der Waals surface area contributed by atoms with Crippen molar-refractivity contribution in [2.45, 2.75) is 45.1 Å². The molecule has 0 amide bonds. The number of Topliss-reactive ketones (excluding diaryl/α,β-unsaturated/α-hetero) is 1. The number of nitrogens with two attached hydrogens (primary N) is 1. The molecule has 2 aromatic rings. The molecular formula is C23H21BrN2O3S. The molecule has 1 aliphatic heterocycles. The number of carbonyl (C=O) groups is 1. The number of ether oxygens (including phenoxy) is 2. The molecule has 0 unspecified atom stereocenters. The molecule has 0 saturated heterocycles. The lowest BCUT2D eigenvalue weighted by Gasteiger charge is -2.30.